The molecule has 36 heavy (non-hydrogen) atoms. The number of likely N-dealkylation sites (tertiary alicyclic amines) is 1. The Labute approximate surface area is 214 Å². The van der Waals surface area contributed by atoms with Gasteiger partial charge in [0.1, 0.15) is 5.78 Å². The Balaban J connectivity index is 2.12. The third-order valence-corrected chi connectivity index (χ3v) is 7.13. The molecule has 2 rings (SSSR count). The predicted octanol–water partition coefficient (Wildman–Crippen LogP) is 3.46. The highest BCUT2D eigenvalue weighted by Crippen LogP contribution is 2.38. The summed E-state index contributed by atoms with van der Waals surface area (Å²) in [5, 5.41) is 0. The highest BCUT2D eigenvalue weighted by atomic mass is 16.5. The van der Waals surface area contributed by atoms with Gasteiger partial charge in [-0.05, 0) is 58.8 Å². The van der Waals surface area contributed by atoms with Crippen LogP contribution in [-0.4, -0.2) is 65.9 Å². The van der Waals surface area contributed by atoms with Gasteiger partial charge in [0, 0.05) is 24.7 Å². The topological polar surface area (TPSA) is 116 Å². The Bertz CT molecular complexity index is 805. The maximum atomic E-state index is 13.1. The lowest BCUT2D eigenvalue weighted by Crippen LogP contribution is -2.56. The molecule has 0 bridgehead atoms. The molecule has 0 aromatic heterocycles. The van der Waals surface area contributed by atoms with Crippen LogP contribution in [0.15, 0.2) is 0 Å². The lowest BCUT2D eigenvalue weighted by molar-refractivity contribution is -0.160. The van der Waals surface area contributed by atoms with E-state index in [4.69, 9.17) is 14.2 Å². The minimum Gasteiger partial charge on any atom is -0.466 e. The van der Waals surface area contributed by atoms with E-state index in [1.54, 1.807) is 27.7 Å². The molecule has 1 saturated carbocycles. The molecule has 0 spiro atoms. The van der Waals surface area contributed by atoms with E-state index in [2.05, 4.69) is 6.92 Å². The molecule has 4 atom stereocenters. The fourth-order valence-corrected chi connectivity index (χ4v) is 5.64. The zero-order valence-electron chi connectivity index (χ0n) is 22.7. The van der Waals surface area contributed by atoms with Crippen LogP contribution in [0.1, 0.15) is 86.5 Å². The number of Topliss-reactive ketones (excluding diaryl/α,β-unsaturated/α-hetero) is 1. The molecule has 0 N–H and O–H groups in total. The van der Waals surface area contributed by atoms with Gasteiger partial charge in [-0.15, -0.1) is 0 Å². The van der Waals surface area contributed by atoms with Gasteiger partial charge in [-0.2, -0.15) is 0 Å². The van der Waals surface area contributed by atoms with Crippen LogP contribution in [0.25, 0.3) is 0 Å². The summed E-state index contributed by atoms with van der Waals surface area (Å²) in [5.74, 6) is -1.71. The lowest BCUT2D eigenvalue weighted by atomic mass is 9.71. The number of ketones is 1. The highest BCUT2D eigenvalue weighted by molar-refractivity contribution is 5.99. The third-order valence-electron chi connectivity index (χ3n) is 7.13. The van der Waals surface area contributed by atoms with Crippen LogP contribution in [0.4, 0.5) is 0 Å². The normalized spacial score (nSPS) is 24.6. The van der Waals surface area contributed by atoms with Gasteiger partial charge in [0.15, 0.2) is 0 Å². The molecule has 1 heterocycles. The Kier molecular flexibility index (Phi) is 11.1. The molecule has 1 saturated heterocycles. The van der Waals surface area contributed by atoms with E-state index in [1.807, 2.05) is 6.92 Å². The first-order valence-corrected chi connectivity index (χ1v) is 13.2. The maximum Gasteiger partial charge on any atom is 0.308 e. The van der Waals surface area contributed by atoms with Gasteiger partial charge in [0.2, 0.25) is 11.8 Å². The van der Waals surface area contributed by atoms with Gasteiger partial charge in [-0.25, -0.2) is 0 Å². The van der Waals surface area contributed by atoms with Crippen LogP contribution in [0, 0.1) is 23.7 Å². The fourth-order valence-electron chi connectivity index (χ4n) is 5.64. The summed E-state index contributed by atoms with van der Waals surface area (Å²) < 4.78 is 16.1. The number of hydrogen-bond donors (Lipinski definition) is 0. The quantitative estimate of drug-likeness (QED) is 0.290. The molecule has 204 valence electrons. The van der Waals surface area contributed by atoms with E-state index in [0.29, 0.717) is 18.8 Å². The minimum absolute atomic E-state index is 0.0745. The smallest absolute Gasteiger partial charge is 0.308 e. The number of hydrogen-bond acceptors (Lipinski definition) is 8. The van der Waals surface area contributed by atoms with Crippen LogP contribution in [0.3, 0.4) is 0 Å². The van der Waals surface area contributed by atoms with Gasteiger partial charge in [0.05, 0.1) is 44.3 Å². The Morgan fingerprint density at radius 3 is 2.14 bits per heavy atom. The summed E-state index contributed by atoms with van der Waals surface area (Å²) in [5.41, 5.74) is -0.995. The number of rotatable bonds is 12. The van der Waals surface area contributed by atoms with Crippen molar-refractivity contribution in [1.29, 1.82) is 0 Å². The van der Waals surface area contributed by atoms with Crippen molar-refractivity contribution in [3.05, 3.63) is 0 Å². The number of ether oxygens (including phenoxy) is 3. The average Bonchev–Trinajstić information content (AvgIpc) is 2.74. The first-order chi connectivity index (χ1) is 16.9. The zero-order valence-corrected chi connectivity index (χ0v) is 22.7. The Morgan fingerprint density at radius 1 is 0.972 bits per heavy atom. The molecule has 1 aliphatic carbocycles. The molecule has 2 unspecified atom stereocenters. The van der Waals surface area contributed by atoms with Crippen molar-refractivity contribution >= 4 is 29.5 Å². The van der Waals surface area contributed by atoms with Gasteiger partial charge >= 0.3 is 11.9 Å². The zero-order chi connectivity index (χ0) is 27.0. The maximum absolute atomic E-state index is 13.1. The van der Waals surface area contributed by atoms with Crippen LogP contribution in [-0.2, 0) is 38.2 Å². The van der Waals surface area contributed by atoms with Crippen LogP contribution in [0.2, 0.25) is 0 Å². The standard InChI is InChI=1S/C27H43NO8/c1-7-34-24(31)9-10-36-21(20-12-17(3)11-18(4)26(20)33)13-19-14-22(29)28(23(30)15-19)27(5,6)16-25(32)35-8-2/h17-21H,7-16H2,1-6H3/t17-,18?,20?,21+/m0/s1. The summed E-state index contributed by atoms with van der Waals surface area (Å²) in [4.78, 5) is 64.2. The molecule has 9 heteroatoms. The Morgan fingerprint density at radius 2 is 1.56 bits per heavy atom. The Hall–Kier alpha value is -2.29. The molecule has 0 aromatic rings. The van der Waals surface area contributed by atoms with Gasteiger partial charge in [-0.1, -0.05) is 13.8 Å². The van der Waals surface area contributed by atoms with Crippen molar-refractivity contribution in [1.82, 2.24) is 4.90 Å². The van der Waals surface area contributed by atoms with Gasteiger partial charge in [0.25, 0.3) is 0 Å². The second-order valence-corrected chi connectivity index (χ2v) is 10.9. The second kappa shape index (κ2) is 13.3. The van der Waals surface area contributed by atoms with Crippen molar-refractivity contribution in [2.45, 2.75) is 98.1 Å². The summed E-state index contributed by atoms with van der Waals surface area (Å²) in [6.07, 6.45) is 1.66. The summed E-state index contributed by atoms with van der Waals surface area (Å²) in [7, 11) is 0. The predicted molar refractivity (Wildman–Crippen MR) is 132 cm³/mol. The molecule has 2 aliphatic rings. The molecule has 1 aliphatic heterocycles. The van der Waals surface area contributed by atoms with Gasteiger partial charge in [-0.3, -0.25) is 28.9 Å². The van der Waals surface area contributed by atoms with Crippen molar-refractivity contribution in [3.8, 4) is 0 Å². The van der Waals surface area contributed by atoms with E-state index in [9.17, 15) is 24.0 Å². The number of imide groups is 1. The largest absolute Gasteiger partial charge is 0.466 e. The van der Waals surface area contributed by atoms with E-state index in [1.165, 1.54) is 4.90 Å². The number of amides is 2. The van der Waals surface area contributed by atoms with Gasteiger partial charge < -0.3 is 14.2 Å². The summed E-state index contributed by atoms with van der Waals surface area (Å²) >= 11 is 0. The van der Waals surface area contributed by atoms with E-state index in [0.717, 1.165) is 6.42 Å². The first kappa shape index (κ1) is 29.9. The molecule has 2 fully saturated rings. The molecule has 2 amide bonds. The van der Waals surface area contributed by atoms with Crippen LogP contribution >= 0.6 is 0 Å². The monoisotopic (exact) mass is 509 g/mol. The third kappa shape index (κ3) is 8.11. The lowest BCUT2D eigenvalue weighted by Gasteiger charge is -2.42. The fraction of sp³-hybridized carbons (Fsp3) is 0.815. The van der Waals surface area contributed by atoms with Crippen molar-refractivity contribution in [2.75, 3.05) is 19.8 Å². The van der Waals surface area contributed by atoms with Crippen molar-refractivity contribution in [3.63, 3.8) is 0 Å². The number of carbonyl (C=O) groups is 5. The second-order valence-electron chi connectivity index (χ2n) is 10.9. The average molecular weight is 510 g/mol. The van der Waals surface area contributed by atoms with E-state index in [-0.39, 0.29) is 86.8 Å². The van der Waals surface area contributed by atoms with Crippen molar-refractivity contribution < 1.29 is 38.2 Å². The highest BCUT2D eigenvalue weighted by Gasteiger charge is 2.45. The first-order valence-electron chi connectivity index (χ1n) is 13.2. The summed E-state index contributed by atoms with van der Waals surface area (Å²) in [6, 6.07) is 0. The number of carbonyl (C=O) groups excluding carboxylic acids is 5. The van der Waals surface area contributed by atoms with Crippen LogP contribution < -0.4 is 0 Å². The molecular weight excluding hydrogens is 466 g/mol. The van der Waals surface area contributed by atoms with E-state index < -0.39 is 17.6 Å². The minimum atomic E-state index is -0.995. The van der Waals surface area contributed by atoms with E-state index >= 15 is 0 Å². The number of piperidine rings is 1. The molecule has 0 aromatic carbocycles. The van der Waals surface area contributed by atoms with Crippen molar-refractivity contribution in [2.24, 2.45) is 23.7 Å². The number of esters is 2. The molecule has 9 nitrogen and oxygen atoms in total. The SMILES string of the molecule is CCOC(=O)CCO[C@H](CC1CC(=O)N(C(C)(C)CC(=O)OCC)C(=O)C1)C1C[C@@H](C)CC(C)C1=O. The number of nitrogens with zero attached hydrogens (tertiary/aromatic N) is 1. The molecule has 0 radical (unpaired) electrons. The molecular formula is C27H43NO8. The van der Waals surface area contributed by atoms with Crippen LogP contribution in [0.5, 0.6) is 0 Å². The summed E-state index contributed by atoms with van der Waals surface area (Å²) in [6.45, 7) is 11.5.